The van der Waals surface area contributed by atoms with E-state index in [1.807, 2.05) is 0 Å². The first kappa shape index (κ1) is 15.2. The number of benzene rings is 2. The van der Waals surface area contributed by atoms with Gasteiger partial charge in [-0.05, 0) is 43.2 Å². The van der Waals surface area contributed by atoms with Crippen molar-refractivity contribution in [3.05, 3.63) is 65.2 Å². The summed E-state index contributed by atoms with van der Waals surface area (Å²) in [6.07, 6.45) is -0.152. The summed E-state index contributed by atoms with van der Waals surface area (Å²) in [5.74, 6) is -2.08. The number of nitrogen functional groups attached to an aromatic ring is 1. The molecule has 0 saturated carbocycles. The molecule has 0 radical (unpaired) electrons. The van der Waals surface area contributed by atoms with Crippen molar-refractivity contribution in [1.82, 2.24) is 0 Å². The summed E-state index contributed by atoms with van der Waals surface area (Å²) in [6.45, 7) is 3.52. The molecular formula is C17H17F2NO. The Morgan fingerprint density at radius 1 is 1.10 bits per heavy atom. The summed E-state index contributed by atoms with van der Waals surface area (Å²) in [6, 6.07) is 10.8. The van der Waals surface area contributed by atoms with Crippen molar-refractivity contribution in [2.45, 2.75) is 25.7 Å². The maximum Gasteiger partial charge on any atom is 0.162 e. The third-order valence-corrected chi connectivity index (χ3v) is 3.71. The van der Waals surface area contributed by atoms with E-state index >= 15 is 0 Å². The zero-order chi connectivity index (χ0) is 15.6. The predicted octanol–water partition coefficient (Wildman–Crippen LogP) is 3.64. The summed E-state index contributed by atoms with van der Waals surface area (Å²) in [5, 5.41) is 0. The SMILES string of the molecule is CC(C)(C(=O)Cc1cccc(F)c1F)c1ccc(N)cc1. The molecule has 0 spiro atoms. The van der Waals surface area contributed by atoms with Crippen LogP contribution in [0.1, 0.15) is 25.0 Å². The number of carbonyl (C=O) groups excluding carboxylic acids is 1. The van der Waals surface area contributed by atoms with Crippen LogP contribution in [0.2, 0.25) is 0 Å². The molecule has 2 aromatic rings. The first-order valence-electron chi connectivity index (χ1n) is 6.64. The number of carbonyl (C=O) groups is 1. The van der Waals surface area contributed by atoms with E-state index in [9.17, 15) is 13.6 Å². The summed E-state index contributed by atoms with van der Waals surface area (Å²) in [5.41, 5.74) is 6.30. The van der Waals surface area contributed by atoms with Gasteiger partial charge in [-0.2, -0.15) is 0 Å². The van der Waals surface area contributed by atoms with Crippen LogP contribution in [0.15, 0.2) is 42.5 Å². The first-order valence-corrected chi connectivity index (χ1v) is 6.64. The standard InChI is InChI=1S/C17H17F2NO/c1-17(2,12-6-8-13(20)9-7-12)15(21)10-11-4-3-5-14(18)16(11)19/h3-9H,10,20H2,1-2H3. The molecule has 0 saturated heterocycles. The molecule has 2 aromatic carbocycles. The number of rotatable bonds is 4. The van der Waals surface area contributed by atoms with E-state index in [1.165, 1.54) is 12.1 Å². The quantitative estimate of drug-likeness (QED) is 0.873. The van der Waals surface area contributed by atoms with E-state index in [4.69, 9.17) is 5.73 Å². The molecule has 2 N–H and O–H groups in total. The van der Waals surface area contributed by atoms with Gasteiger partial charge >= 0.3 is 0 Å². The number of anilines is 1. The third kappa shape index (κ3) is 3.10. The maximum absolute atomic E-state index is 13.7. The lowest BCUT2D eigenvalue weighted by molar-refractivity contribution is -0.122. The van der Waals surface area contributed by atoms with Gasteiger partial charge in [0.2, 0.25) is 0 Å². The molecule has 0 aromatic heterocycles. The Balaban J connectivity index is 2.26. The normalized spacial score (nSPS) is 11.4. The van der Waals surface area contributed by atoms with Crippen LogP contribution in [0.5, 0.6) is 0 Å². The second-order valence-corrected chi connectivity index (χ2v) is 5.56. The first-order chi connectivity index (χ1) is 9.82. The molecule has 0 atom stereocenters. The average molecular weight is 289 g/mol. The van der Waals surface area contributed by atoms with Crippen molar-refractivity contribution in [1.29, 1.82) is 0 Å². The topological polar surface area (TPSA) is 43.1 Å². The number of hydrogen-bond acceptors (Lipinski definition) is 2. The van der Waals surface area contributed by atoms with Crippen molar-refractivity contribution in [3.63, 3.8) is 0 Å². The molecule has 0 aliphatic heterocycles. The van der Waals surface area contributed by atoms with Crippen LogP contribution < -0.4 is 5.73 Å². The molecule has 2 nitrogen and oxygen atoms in total. The lowest BCUT2D eigenvalue weighted by Gasteiger charge is -2.24. The Morgan fingerprint density at radius 3 is 2.33 bits per heavy atom. The highest BCUT2D eigenvalue weighted by Gasteiger charge is 2.30. The fraction of sp³-hybridized carbons (Fsp3) is 0.235. The van der Waals surface area contributed by atoms with Gasteiger partial charge in [0, 0.05) is 17.5 Å². The zero-order valence-corrected chi connectivity index (χ0v) is 12.0. The van der Waals surface area contributed by atoms with E-state index in [-0.39, 0.29) is 17.8 Å². The summed E-state index contributed by atoms with van der Waals surface area (Å²) in [7, 11) is 0. The van der Waals surface area contributed by atoms with Crippen LogP contribution in [-0.2, 0) is 16.6 Å². The largest absolute Gasteiger partial charge is 0.399 e. The third-order valence-electron chi connectivity index (χ3n) is 3.71. The van der Waals surface area contributed by atoms with E-state index in [0.29, 0.717) is 5.69 Å². The Bertz CT molecular complexity index is 663. The summed E-state index contributed by atoms with van der Waals surface area (Å²) < 4.78 is 26.9. The minimum atomic E-state index is -0.959. The molecule has 110 valence electrons. The second-order valence-electron chi connectivity index (χ2n) is 5.56. The molecule has 2 rings (SSSR count). The van der Waals surface area contributed by atoms with Gasteiger partial charge in [-0.25, -0.2) is 8.78 Å². The van der Waals surface area contributed by atoms with Gasteiger partial charge < -0.3 is 5.73 Å². The van der Waals surface area contributed by atoms with Gasteiger partial charge in [-0.3, -0.25) is 4.79 Å². The van der Waals surface area contributed by atoms with Crippen LogP contribution >= 0.6 is 0 Å². The van der Waals surface area contributed by atoms with Gasteiger partial charge in [-0.1, -0.05) is 24.3 Å². The highest BCUT2D eigenvalue weighted by Crippen LogP contribution is 2.27. The van der Waals surface area contributed by atoms with Crippen LogP contribution in [0.4, 0.5) is 14.5 Å². The fourth-order valence-corrected chi connectivity index (χ4v) is 2.14. The van der Waals surface area contributed by atoms with Gasteiger partial charge in [0.1, 0.15) is 5.78 Å². The van der Waals surface area contributed by atoms with Crippen LogP contribution in [0.25, 0.3) is 0 Å². The van der Waals surface area contributed by atoms with E-state index in [0.717, 1.165) is 11.6 Å². The van der Waals surface area contributed by atoms with Gasteiger partial charge in [0.25, 0.3) is 0 Å². The zero-order valence-electron chi connectivity index (χ0n) is 12.0. The molecule has 0 aliphatic rings. The average Bonchev–Trinajstić information content (AvgIpc) is 2.44. The maximum atomic E-state index is 13.7. The minimum absolute atomic E-state index is 0.0727. The Labute approximate surface area is 122 Å². The Morgan fingerprint density at radius 2 is 1.71 bits per heavy atom. The number of Topliss-reactive ketones (excluding diaryl/α,β-unsaturated/α-hetero) is 1. The molecule has 0 amide bonds. The Kier molecular flexibility index (Phi) is 4.07. The van der Waals surface area contributed by atoms with Gasteiger partial charge in [-0.15, -0.1) is 0 Å². The molecule has 0 heterocycles. The molecule has 0 fully saturated rings. The summed E-state index contributed by atoms with van der Waals surface area (Å²) in [4.78, 5) is 12.5. The smallest absolute Gasteiger partial charge is 0.162 e. The number of halogens is 2. The lowest BCUT2D eigenvalue weighted by atomic mass is 9.78. The van der Waals surface area contributed by atoms with Crippen molar-refractivity contribution >= 4 is 11.5 Å². The molecule has 0 bridgehead atoms. The molecule has 21 heavy (non-hydrogen) atoms. The fourth-order valence-electron chi connectivity index (χ4n) is 2.14. The van der Waals surface area contributed by atoms with Crippen LogP contribution in [-0.4, -0.2) is 5.78 Å². The van der Waals surface area contributed by atoms with Crippen molar-refractivity contribution in [2.24, 2.45) is 0 Å². The number of hydrogen-bond donors (Lipinski definition) is 1. The van der Waals surface area contributed by atoms with Gasteiger partial charge in [0.15, 0.2) is 11.6 Å². The molecule has 4 heteroatoms. The van der Waals surface area contributed by atoms with Crippen LogP contribution in [0, 0.1) is 11.6 Å². The molecule has 0 aliphatic carbocycles. The lowest BCUT2D eigenvalue weighted by Crippen LogP contribution is -2.30. The highest BCUT2D eigenvalue weighted by atomic mass is 19.2. The summed E-state index contributed by atoms with van der Waals surface area (Å²) >= 11 is 0. The van der Waals surface area contributed by atoms with E-state index in [1.54, 1.807) is 38.1 Å². The molecular weight excluding hydrogens is 272 g/mol. The van der Waals surface area contributed by atoms with E-state index in [2.05, 4.69) is 0 Å². The number of ketones is 1. The van der Waals surface area contributed by atoms with Crippen molar-refractivity contribution < 1.29 is 13.6 Å². The molecule has 0 unspecified atom stereocenters. The number of nitrogens with two attached hydrogens (primary N) is 1. The second kappa shape index (κ2) is 5.64. The Hall–Kier alpha value is -2.23. The van der Waals surface area contributed by atoms with Crippen molar-refractivity contribution in [2.75, 3.05) is 5.73 Å². The monoisotopic (exact) mass is 289 g/mol. The van der Waals surface area contributed by atoms with E-state index < -0.39 is 17.0 Å². The van der Waals surface area contributed by atoms with Crippen LogP contribution in [0.3, 0.4) is 0 Å². The highest BCUT2D eigenvalue weighted by molar-refractivity contribution is 5.91. The van der Waals surface area contributed by atoms with Crippen molar-refractivity contribution in [3.8, 4) is 0 Å². The predicted molar refractivity (Wildman–Crippen MR) is 78.9 cm³/mol. The van der Waals surface area contributed by atoms with Gasteiger partial charge in [0.05, 0.1) is 0 Å². The minimum Gasteiger partial charge on any atom is -0.399 e.